The minimum atomic E-state index is 0.0202. The van der Waals surface area contributed by atoms with Crippen LogP contribution in [-0.2, 0) is 5.41 Å². The molecule has 8 heteroatoms. The van der Waals surface area contributed by atoms with Crippen LogP contribution in [0.15, 0.2) is 53.1 Å². The molecule has 2 saturated carbocycles. The van der Waals surface area contributed by atoms with Crippen molar-refractivity contribution in [1.82, 2.24) is 0 Å². The molecule has 0 amide bonds. The lowest BCUT2D eigenvalue weighted by Crippen LogP contribution is -2.28. The van der Waals surface area contributed by atoms with E-state index < -0.39 is 0 Å². The van der Waals surface area contributed by atoms with Crippen LogP contribution in [0.4, 0.5) is 0 Å². The van der Waals surface area contributed by atoms with Gasteiger partial charge in [0.15, 0.2) is 0 Å². The molecule has 0 unspecified atom stereocenters. The van der Waals surface area contributed by atoms with Crippen molar-refractivity contribution in [2.45, 2.75) is 69.6 Å². The predicted octanol–water partition coefficient (Wildman–Crippen LogP) is 11.6. The van der Waals surface area contributed by atoms with Gasteiger partial charge in [0, 0.05) is 44.8 Å². The van der Waals surface area contributed by atoms with Crippen LogP contribution in [-0.4, -0.2) is 0 Å². The molecule has 8 rings (SSSR count). The molecule has 0 aromatic carbocycles. The number of nitrogens with zero attached hydrogens (tertiary/aromatic N) is 4. The van der Waals surface area contributed by atoms with Crippen LogP contribution < -0.4 is 0 Å². The van der Waals surface area contributed by atoms with Crippen molar-refractivity contribution in [2.24, 2.45) is 5.41 Å². The van der Waals surface area contributed by atoms with Crippen LogP contribution >= 0.6 is 45.3 Å². The number of allylic oxidation sites excluding steroid dienone is 6. The van der Waals surface area contributed by atoms with Crippen LogP contribution in [0, 0.1) is 50.7 Å². The third-order valence-electron chi connectivity index (χ3n) is 10.4. The molecule has 4 aliphatic rings. The summed E-state index contributed by atoms with van der Waals surface area (Å²) in [7, 11) is 0. The van der Waals surface area contributed by atoms with Gasteiger partial charge < -0.3 is 0 Å². The van der Waals surface area contributed by atoms with Gasteiger partial charge in [-0.1, -0.05) is 44.6 Å². The zero-order chi connectivity index (χ0) is 31.5. The van der Waals surface area contributed by atoms with E-state index in [-0.39, 0.29) is 22.0 Å². The van der Waals surface area contributed by atoms with Crippen molar-refractivity contribution in [3.63, 3.8) is 0 Å². The van der Waals surface area contributed by atoms with E-state index in [0.717, 1.165) is 9.75 Å². The Labute approximate surface area is 284 Å². The first kappa shape index (κ1) is 29.4. The quantitative estimate of drug-likeness (QED) is 0.202. The molecule has 224 valence electrons. The van der Waals surface area contributed by atoms with Gasteiger partial charge in [0.05, 0.1) is 4.70 Å². The fraction of sp³-hybridized carbons (Fsp3) is 0.316. The second kappa shape index (κ2) is 11.3. The molecular formula is C38H28N4S4. The molecule has 0 bridgehead atoms. The summed E-state index contributed by atoms with van der Waals surface area (Å²) in [6, 6.07) is 18.8. The zero-order valence-corrected chi connectivity index (χ0v) is 28.4. The Kier molecular flexibility index (Phi) is 7.25. The van der Waals surface area contributed by atoms with Gasteiger partial charge in [-0.05, 0) is 90.4 Å². The summed E-state index contributed by atoms with van der Waals surface area (Å²) >= 11 is 7.29. The molecule has 4 aliphatic carbocycles. The molecule has 0 saturated heterocycles. The van der Waals surface area contributed by atoms with E-state index in [4.69, 9.17) is 0 Å². The van der Waals surface area contributed by atoms with E-state index in [2.05, 4.69) is 30.3 Å². The summed E-state index contributed by atoms with van der Waals surface area (Å²) in [5.41, 5.74) is 6.64. The lowest BCUT2D eigenvalue weighted by atomic mass is 9.66. The monoisotopic (exact) mass is 668 g/mol. The molecule has 2 spiro atoms. The number of hydrogen-bond acceptors (Lipinski definition) is 8. The second-order valence-electron chi connectivity index (χ2n) is 12.7. The summed E-state index contributed by atoms with van der Waals surface area (Å²) in [5.74, 6) is 0. The number of nitriles is 4. The highest BCUT2D eigenvalue weighted by Crippen LogP contribution is 2.71. The van der Waals surface area contributed by atoms with Gasteiger partial charge in [-0.15, -0.1) is 45.3 Å². The summed E-state index contributed by atoms with van der Waals surface area (Å²) in [4.78, 5) is 7.16. The standard InChI is InChI=1S/C38H28N4S4/c39-19-23(20-40)15-25-7-9-29(43-25)27-17-28-33(37(27)11-3-1-4-12-37)36-34(38(28)13-5-2-6-14-38)35-32(46-36)18-31(45-35)30-10-8-26(44-30)16-24(21-41)22-42/h7-10,15-18H,1-6,11-14H2. The maximum atomic E-state index is 9.35. The largest absolute Gasteiger partial charge is 0.192 e. The molecule has 2 fully saturated rings. The molecule has 0 aliphatic heterocycles. The Hall–Kier alpha value is -4.02. The van der Waals surface area contributed by atoms with Gasteiger partial charge in [-0.25, -0.2) is 0 Å². The molecule has 0 radical (unpaired) electrons. The highest BCUT2D eigenvalue weighted by atomic mass is 32.1. The molecule has 46 heavy (non-hydrogen) atoms. The SMILES string of the molecule is N#CC(C#N)=Cc1ccc(C2=CC3=C(c4sc5cc(-c6ccc(C=C(C#N)C#N)s6)sc5c4C34CCCCC4)C23CCCCC3)s1. The molecule has 4 aromatic heterocycles. The minimum absolute atomic E-state index is 0.0202. The van der Waals surface area contributed by atoms with E-state index >= 15 is 0 Å². The average Bonchev–Trinajstić information content (AvgIpc) is 3.93. The molecular weight excluding hydrogens is 641 g/mol. The Bertz CT molecular complexity index is 2190. The van der Waals surface area contributed by atoms with Gasteiger partial charge in [0.25, 0.3) is 0 Å². The van der Waals surface area contributed by atoms with Gasteiger partial charge in [0.1, 0.15) is 35.4 Å². The third-order valence-corrected chi connectivity index (χ3v) is 15.1. The Balaban J connectivity index is 1.26. The van der Waals surface area contributed by atoms with Crippen LogP contribution in [0.5, 0.6) is 0 Å². The third kappa shape index (κ3) is 4.36. The van der Waals surface area contributed by atoms with Crippen molar-refractivity contribution in [2.75, 3.05) is 0 Å². The summed E-state index contributed by atoms with van der Waals surface area (Å²) < 4.78 is 2.83. The van der Waals surface area contributed by atoms with Crippen molar-refractivity contribution < 1.29 is 0 Å². The van der Waals surface area contributed by atoms with E-state index in [1.54, 1.807) is 51.5 Å². The van der Waals surface area contributed by atoms with E-state index in [1.807, 2.05) is 53.0 Å². The first-order chi connectivity index (χ1) is 22.5. The Morgan fingerprint density at radius 3 is 1.80 bits per heavy atom. The fourth-order valence-corrected chi connectivity index (χ4v) is 13.6. The van der Waals surface area contributed by atoms with Gasteiger partial charge >= 0.3 is 0 Å². The average molecular weight is 669 g/mol. The Morgan fingerprint density at radius 2 is 1.20 bits per heavy atom. The van der Waals surface area contributed by atoms with Crippen LogP contribution in [0.2, 0.25) is 0 Å². The number of thiophene rings is 4. The number of hydrogen-bond donors (Lipinski definition) is 0. The molecule has 4 nitrogen and oxygen atoms in total. The summed E-state index contributed by atoms with van der Waals surface area (Å²) in [5, 5.41) is 37.1. The van der Waals surface area contributed by atoms with E-state index in [1.165, 1.54) is 98.7 Å². The van der Waals surface area contributed by atoms with Gasteiger partial charge in [-0.3, -0.25) is 0 Å². The van der Waals surface area contributed by atoms with Gasteiger partial charge in [-0.2, -0.15) is 21.0 Å². The number of rotatable bonds is 4. The van der Waals surface area contributed by atoms with Crippen molar-refractivity contribution in [3.8, 4) is 34.0 Å². The Morgan fingerprint density at radius 1 is 0.630 bits per heavy atom. The first-order valence-electron chi connectivity index (χ1n) is 15.8. The second-order valence-corrected chi connectivity index (χ2v) is 17.0. The van der Waals surface area contributed by atoms with Crippen molar-refractivity contribution in [3.05, 3.63) is 78.2 Å². The van der Waals surface area contributed by atoms with E-state index in [0.29, 0.717) is 0 Å². The molecule has 4 heterocycles. The smallest absolute Gasteiger partial charge is 0.131 e. The lowest BCUT2D eigenvalue weighted by Gasteiger charge is -2.38. The van der Waals surface area contributed by atoms with Crippen LogP contribution in [0.3, 0.4) is 0 Å². The van der Waals surface area contributed by atoms with E-state index in [9.17, 15) is 21.0 Å². The maximum Gasteiger partial charge on any atom is 0.131 e. The lowest BCUT2D eigenvalue weighted by molar-refractivity contribution is 0.348. The fourth-order valence-electron chi connectivity index (χ4n) is 8.48. The van der Waals surface area contributed by atoms with Crippen molar-refractivity contribution in [1.29, 1.82) is 21.0 Å². The summed E-state index contributed by atoms with van der Waals surface area (Å²) in [6.07, 6.45) is 18.3. The van der Waals surface area contributed by atoms with Gasteiger partial charge in [0.2, 0.25) is 0 Å². The normalized spacial score (nSPS) is 18.7. The zero-order valence-electron chi connectivity index (χ0n) is 25.1. The highest BCUT2D eigenvalue weighted by Gasteiger charge is 2.57. The maximum absolute atomic E-state index is 9.35. The van der Waals surface area contributed by atoms with Crippen LogP contribution in [0.25, 0.3) is 42.5 Å². The highest BCUT2D eigenvalue weighted by molar-refractivity contribution is 7.32. The minimum Gasteiger partial charge on any atom is -0.192 e. The first-order valence-corrected chi connectivity index (χ1v) is 19.1. The summed E-state index contributed by atoms with van der Waals surface area (Å²) in [6.45, 7) is 0. The number of fused-ring (bicyclic) bond motifs is 7. The van der Waals surface area contributed by atoms with Crippen molar-refractivity contribution >= 4 is 78.0 Å². The predicted molar refractivity (Wildman–Crippen MR) is 191 cm³/mol. The van der Waals surface area contributed by atoms with Crippen LogP contribution in [0.1, 0.15) is 89.3 Å². The molecule has 0 N–H and O–H groups in total. The molecule has 0 atom stereocenters. The topological polar surface area (TPSA) is 95.2 Å². The molecule has 4 aromatic rings.